The van der Waals surface area contributed by atoms with Gasteiger partial charge in [0.1, 0.15) is 0 Å². The van der Waals surface area contributed by atoms with E-state index in [1.165, 1.54) is 38.6 Å². The number of nitrogens with zero attached hydrogens (tertiary/aromatic N) is 2. The van der Waals surface area contributed by atoms with Crippen LogP contribution in [0.2, 0.25) is 0 Å². The van der Waals surface area contributed by atoms with Crippen LogP contribution in [0.15, 0.2) is 24.4 Å². The number of hydrogen-bond acceptors (Lipinski definition) is 6. The average Bonchev–Trinajstić information content (AvgIpc) is 2.92. The van der Waals surface area contributed by atoms with Crippen molar-refractivity contribution in [3.05, 3.63) is 46.8 Å². The molecule has 1 N–H and O–H groups in total. The first-order chi connectivity index (χ1) is 11.4. The minimum atomic E-state index is -0.631. The third-order valence-corrected chi connectivity index (χ3v) is 3.51. The predicted octanol–water partition coefficient (Wildman–Crippen LogP) is 1.55. The second-order valence-electron chi connectivity index (χ2n) is 5.00. The number of nitrogens with one attached hydrogen (secondary N) is 1. The Bertz CT molecular complexity index is 776. The largest absolute Gasteiger partial charge is 0.465 e. The topological polar surface area (TPSA) is 99.5 Å². The van der Waals surface area contributed by atoms with Gasteiger partial charge < -0.3 is 14.8 Å². The molecule has 0 aliphatic rings. The summed E-state index contributed by atoms with van der Waals surface area (Å²) in [4.78, 5) is 35.8. The highest BCUT2D eigenvalue weighted by Crippen LogP contribution is 2.18. The Morgan fingerprint density at radius 2 is 1.58 bits per heavy atom. The zero-order valence-electron chi connectivity index (χ0n) is 13.7. The molecule has 0 saturated carbocycles. The maximum Gasteiger partial charge on any atom is 0.337 e. The van der Waals surface area contributed by atoms with Crippen LogP contribution in [-0.4, -0.2) is 41.8 Å². The van der Waals surface area contributed by atoms with Gasteiger partial charge in [-0.05, 0) is 25.1 Å². The van der Waals surface area contributed by atoms with Crippen molar-refractivity contribution in [3.8, 4) is 0 Å². The summed E-state index contributed by atoms with van der Waals surface area (Å²) in [7, 11) is 4.17. The van der Waals surface area contributed by atoms with E-state index in [1.807, 2.05) is 0 Å². The molecule has 0 saturated heterocycles. The summed E-state index contributed by atoms with van der Waals surface area (Å²) in [6.07, 6.45) is 1.44. The lowest BCUT2D eigenvalue weighted by Crippen LogP contribution is -2.15. The highest BCUT2D eigenvalue weighted by molar-refractivity contribution is 6.06. The third kappa shape index (κ3) is 3.43. The molecule has 1 aromatic heterocycles. The van der Waals surface area contributed by atoms with E-state index in [0.717, 1.165) is 0 Å². The normalized spacial score (nSPS) is 10.2. The van der Waals surface area contributed by atoms with Crippen molar-refractivity contribution in [3.63, 3.8) is 0 Å². The van der Waals surface area contributed by atoms with Crippen molar-refractivity contribution >= 4 is 23.5 Å². The van der Waals surface area contributed by atoms with Gasteiger partial charge in [0.05, 0.1) is 37.1 Å². The molecule has 0 atom stereocenters. The van der Waals surface area contributed by atoms with Gasteiger partial charge in [-0.15, -0.1) is 0 Å². The van der Waals surface area contributed by atoms with E-state index in [1.54, 1.807) is 18.7 Å². The zero-order valence-corrected chi connectivity index (χ0v) is 13.7. The number of esters is 2. The first-order valence-corrected chi connectivity index (χ1v) is 6.99. The second kappa shape index (κ2) is 6.95. The summed E-state index contributed by atoms with van der Waals surface area (Å²) in [5.74, 6) is -1.67. The summed E-state index contributed by atoms with van der Waals surface area (Å²) in [5.41, 5.74) is 1.59. The molecule has 1 amide bonds. The number of hydrogen-bond donors (Lipinski definition) is 1. The number of rotatable bonds is 4. The van der Waals surface area contributed by atoms with Crippen LogP contribution in [0.3, 0.4) is 0 Å². The molecule has 0 unspecified atom stereocenters. The summed E-state index contributed by atoms with van der Waals surface area (Å²) in [6, 6.07) is 4.17. The molecule has 1 aromatic carbocycles. The Kier molecular flexibility index (Phi) is 4.98. The molecule has 24 heavy (non-hydrogen) atoms. The molecule has 8 nitrogen and oxygen atoms in total. The Balaban J connectivity index is 2.38. The molecule has 0 aliphatic carbocycles. The van der Waals surface area contributed by atoms with Crippen LogP contribution in [0.5, 0.6) is 0 Å². The van der Waals surface area contributed by atoms with Gasteiger partial charge in [0.2, 0.25) is 0 Å². The van der Waals surface area contributed by atoms with Crippen molar-refractivity contribution in [1.82, 2.24) is 9.78 Å². The lowest BCUT2D eigenvalue weighted by molar-refractivity contribution is 0.0599. The van der Waals surface area contributed by atoms with E-state index in [2.05, 4.69) is 19.9 Å². The maximum atomic E-state index is 12.4. The highest BCUT2D eigenvalue weighted by Gasteiger charge is 2.17. The fourth-order valence-electron chi connectivity index (χ4n) is 2.09. The van der Waals surface area contributed by atoms with E-state index in [0.29, 0.717) is 11.3 Å². The minimum Gasteiger partial charge on any atom is -0.465 e. The smallest absolute Gasteiger partial charge is 0.337 e. The van der Waals surface area contributed by atoms with Gasteiger partial charge in [-0.1, -0.05) is 0 Å². The first kappa shape index (κ1) is 17.2. The Morgan fingerprint density at radius 1 is 1.04 bits per heavy atom. The maximum absolute atomic E-state index is 12.4. The summed E-state index contributed by atoms with van der Waals surface area (Å²) < 4.78 is 10.9. The SMILES string of the molecule is COC(=O)c1cc(NC(=O)c2cnn(C)c2C)cc(C(=O)OC)c1. The third-order valence-electron chi connectivity index (χ3n) is 3.51. The monoisotopic (exact) mass is 331 g/mol. The number of benzene rings is 1. The van der Waals surface area contributed by atoms with Crippen molar-refractivity contribution in [2.45, 2.75) is 6.92 Å². The van der Waals surface area contributed by atoms with Crippen LogP contribution < -0.4 is 5.32 Å². The molecular formula is C16H17N3O5. The van der Waals surface area contributed by atoms with Gasteiger partial charge in [-0.3, -0.25) is 9.48 Å². The molecule has 8 heteroatoms. The fourth-order valence-corrected chi connectivity index (χ4v) is 2.09. The van der Waals surface area contributed by atoms with E-state index < -0.39 is 17.8 Å². The lowest BCUT2D eigenvalue weighted by atomic mass is 10.1. The molecule has 2 rings (SSSR count). The predicted molar refractivity (Wildman–Crippen MR) is 85.0 cm³/mol. The molecule has 0 fully saturated rings. The minimum absolute atomic E-state index is 0.124. The van der Waals surface area contributed by atoms with Crippen molar-refractivity contribution in [1.29, 1.82) is 0 Å². The lowest BCUT2D eigenvalue weighted by Gasteiger charge is -2.09. The number of ether oxygens (including phenoxy) is 2. The molecule has 0 aliphatic heterocycles. The van der Waals surface area contributed by atoms with Gasteiger partial charge in [0, 0.05) is 18.4 Å². The Hall–Kier alpha value is -3.16. The van der Waals surface area contributed by atoms with Gasteiger partial charge in [0.25, 0.3) is 5.91 Å². The molecule has 1 heterocycles. The van der Waals surface area contributed by atoms with Crippen LogP contribution in [0.4, 0.5) is 5.69 Å². The quantitative estimate of drug-likeness (QED) is 0.853. The van der Waals surface area contributed by atoms with Crippen molar-refractivity contribution in [2.75, 3.05) is 19.5 Å². The number of carbonyl (C=O) groups excluding carboxylic acids is 3. The standard InChI is InChI=1S/C16H17N3O5/c1-9-13(8-17-19(9)2)14(20)18-12-6-10(15(21)23-3)5-11(7-12)16(22)24-4/h5-8H,1-4H3,(H,18,20). The van der Waals surface area contributed by atoms with Crippen LogP contribution in [0, 0.1) is 6.92 Å². The van der Waals surface area contributed by atoms with E-state index in [9.17, 15) is 14.4 Å². The molecule has 2 aromatic rings. The number of amides is 1. The Morgan fingerprint density at radius 3 is 2.00 bits per heavy atom. The Labute approximate surface area is 138 Å². The average molecular weight is 331 g/mol. The van der Waals surface area contributed by atoms with E-state index in [4.69, 9.17) is 0 Å². The van der Waals surface area contributed by atoms with E-state index in [-0.39, 0.29) is 16.8 Å². The van der Waals surface area contributed by atoms with Gasteiger partial charge in [-0.2, -0.15) is 5.10 Å². The van der Waals surface area contributed by atoms with Crippen LogP contribution in [0.25, 0.3) is 0 Å². The van der Waals surface area contributed by atoms with Crippen LogP contribution in [-0.2, 0) is 16.5 Å². The molecule has 0 radical (unpaired) electrons. The number of methoxy groups -OCH3 is 2. The summed E-state index contributed by atoms with van der Waals surface area (Å²) in [6.45, 7) is 1.76. The van der Waals surface area contributed by atoms with Gasteiger partial charge in [-0.25, -0.2) is 9.59 Å². The number of anilines is 1. The van der Waals surface area contributed by atoms with Crippen LogP contribution >= 0.6 is 0 Å². The number of carbonyl (C=O) groups is 3. The molecule has 126 valence electrons. The molecule has 0 spiro atoms. The summed E-state index contributed by atoms with van der Waals surface area (Å²) in [5, 5.41) is 6.65. The summed E-state index contributed by atoms with van der Waals surface area (Å²) >= 11 is 0. The second-order valence-corrected chi connectivity index (χ2v) is 5.00. The molecular weight excluding hydrogens is 314 g/mol. The van der Waals surface area contributed by atoms with E-state index >= 15 is 0 Å². The zero-order chi connectivity index (χ0) is 17.9. The highest BCUT2D eigenvalue weighted by atomic mass is 16.5. The number of aryl methyl sites for hydroxylation is 1. The van der Waals surface area contributed by atoms with Crippen LogP contribution in [0.1, 0.15) is 36.8 Å². The molecule has 0 bridgehead atoms. The van der Waals surface area contributed by atoms with Gasteiger partial charge in [0.15, 0.2) is 0 Å². The van der Waals surface area contributed by atoms with Crippen molar-refractivity contribution < 1.29 is 23.9 Å². The van der Waals surface area contributed by atoms with Crippen molar-refractivity contribution in [2.24, 2.45) is 7.05 Å². The fraction of sp³-hybridized carbons (Fsp3) is 0.250. The van der Waals surface area contributed by atoms with Gasteiger partial charge >= 0.3 is 11.9 Å². The number of aromatic nitrogens is 2. The first-order valence-electron chi connectivity index (χ1n) is 6.99.